The number of hydrogen-bond donors (Lipinski definition) is 1. The number of amidine groups is 1. The van der Waals surface area contributed by atoms with Gasteiger partial charge in [0.1, 0.15) is 6.61 Å². The highest BCUT2D eigenvalue weighted by atomic mass is 19.3. The van der Waals surface area contributed by atoms with Crippen molar-refractivity contribution >= 4 is 17.5 Å². The second kappa shape index (κ2) is 14.2. The lowest BCUT2D eigenvalue weighted by atomic mass is 10.1. The number of aliphatic imine (C=N–C) groups is 2. The first-order chi connectivity index (χ1) is 20.1. The fourth-order valence-electron chi connectivity index (χ4n) is 4.46. The first-order valence-electron chi connectivity index (χ1n) is 13.8. The fourth-order valence-corrected chi connectivity index (χ4v) is 4.46. The van der Waals surface area contributed by atoms with Crippen molar-refractivity contribution in [3.63, 3.8) is 0 Å². The van der Waals surface area contributed by atoms with Gasteiger partial charge in [-0.15, -0.1) is 0 Å². The Morgan fingerprint density at radius 3 is 2.52 bits per heavy atom. The van der Waals surface area contributed by atoms with Crippen LogP contribution in [0.15, 0.2) is 58.8 Å². The highest BCUT2D eigenvalue weighted by molar-refractivity contribution is 6.11. The van der Waals surface area contributed by atoms with E-state index in [0.717, 1.165) is 68.4 Å². The molecule has 1 aliphatic heterocycles. The second-order valence-corrected chi connectivity index (χ2v) is 10.1. The highest BCUT2D eigenvalue weighted by Gasteiger charge is 2.24. The third-order valence-electron chi connectivity index (χ3n) is 6.97. The van der Waals surface area contributed by atoms with Crippen molar-refractivity contribution in [2.24, 2.45) is 17.0 Å². The molecule has 0 bridgehead atoms. The second-order valence-electron chi connectivity index (χ2n) is 10.1. The zero-order valence-corrected chi connectivity index (χ0v) is 24.4. The SMILES string of the molecule is C/N=C(\N=C(/C)c1cnn(C)c1COc1ccc(C(C)(F)F)cn1)c1ccc(CC(=O)NCCN2CCOCC2)cc1. The number of morpholine rings is 1. The topological polar surface area (TPSA) is 106 Å². The smallest absolute Gasteiger partial charge is 0.272 e. The summed E-state index contributed by atoms with van der Waals surface area (Å²) in [7, 11) is 3.46. The monoisotopic (exact) mass is 581 g/mol. The zero-order chi connectivity index (χ0) is 30.1. The maximum absolute atomic E-state index is 13.5. The molecule has 0 aliphatic carbocycles. The highest BCUT2D eigenvalue weighted by Crippen LogP contribution is 2.27. The van der Waals surface area contributed by atoms with Gasteiger partial charge in [0, 0.05) is 76.2 Å². The average molecular weight is 582 g/mol. The number of alkyl halides is 2. The molecule has 42 heavy (non-hydrogen) atoms. The summed E-state index contributed by atoms with van der Waals surface area (Å²) in [6, 6.07) is 10.3. The number of halogens is 2. The Labute approximate surface area is 244 Å². The maximum Gasteiger partial charge on any atom is 0.272 e. The van der Waals surface area contributed by atoms with Crippen molar-refractivity contribution in [2.45, 2.75) is 32.8 Å². The standard InChI is InChI=1S/C30H37F2N7O3/c1-21(25-19-36-38(4)26(25)20-42-28-10-9-24(18-35-28)30(2,31)32)37-29(33-3)23-7-5-22(6-8-23)17-27(40)34-11-12-39-13-15-41-16-14-39/h5-10,18-19H,11-17,20H2,1-4H3,(H,34,40)/b33-29-,37-21+. The lowest BCUT2D eigenvalue weighted by Gasteiger charge is -2.26. The number of pyridine rings is 1. The van der Waals surface area contributed by atoms with Crippen molar-refractivity contribution in [2.75, 3.05) is 46.4 Å². The normalized spacial score (nSPS) is 15.1. The van der Waals surface area contributed by atoms with Crippen LogP contribution >= 0.6 is 0 Å². The number of hydrogen-bond acceptors (Lipinski definition) is 7. The molecule has 1 fully saturated rings. The molecule has 0 atom stereocenters. The van der Waals surface area contributed by atoms with Gasteiger partial charge in [-0.05, 0) is 18.6 Å². The molecule has 0 spiro atoms. The van der Waals surface area contributed by atoms with Gasteiger partial charge < -0.3 is 14.8 Å². The molecule has 2 aromatic heterocycles. The average Bonchev–Trinajstić information content (AvgIpc) is 3.35. The van der Waals surface area contributed by atoms with Crippen LogP contribution in [-0.2, 0) is 35.5 Å². The number of amides is 1. The number of aryl methyl sites for hydroxylation is 1. The van der Waals surface area contributed by atoms with E-state index in [1.54, 1.807) is 25.0 Å². The van der Waals surface area contributed by atoms with Gasteiger partial charge in [0.05, 0.1) is 37.2 Å². The van der Waals surface area contributed by atoms with E-state index in [4.69, 9.17) is 14.5 Å². The number of nitrogens with zero attached hydrogens (tertiary/aromatic N) is 6. The maximum atomic E-state index is 13.5. The van der Waals surface area contributed by atoms with Crippen LogP contribution in [0.1, 0.15) is 41.8 Å². The summed E-state index contributed by atoms with van der Waals surface area (Å²) in [4.78, 5) is 27.8. The van der Waals surface area contributed by atoms with Crippen LogP contribution in [0.3, 0.4) is 0 Å². The Morgan fingerprint density at radius 2 is 1.88 bits per heavy atom. The number of carbonyl (C=O) groups excluding carboxylic acids is 1. The third-order valence-corrected chi connectivity index (χ3v) is 6.97. The summed E-state index contributed by atoms with van der Waals surface area (Å²) in [6.45, 7) is 7.50. The lowest BCUT2D eigenvalue weighted by molar-refractivity contribution is -0.120. The molecule has 3 aromatic rings. The van der Waals surface area contributed by atoms with E-state index in [1.165, 1.54) is 12.1 Å². The minimum absolute atomic E-state index is 0.0185. The van der Waals surface area contributed by atoms with Crippen molar-refractivity contribution in [3.05, 3.63) is 76.7 Å². The summed E-state index contributed by atoms with van der Waals surface area (Å²) >= 11 is 0. The quantitative estimate of drug-likeness (QED) is 0.275. The van der Waals surface area contributed by atoms with Gasteiger partial charge in [-0.25, -0.2) is 18.8 Å². The summed E-state index contributed by atoms with van der Waals surface area (Å²) in [6.07, 6.45) is 3.10. The predicted octanol–water partition coefficient (Wildman–Crippen LogP) is 3.38. The largest absolute Gasteiger partial charge is 0.471 e. The van der Waals surface area contributed by atoms with Crippen LogP contribution in [0.4, 0.5) is 8.78 Å². The van der Waals surface area contributed by atoms with E-state index in [0.29, 0.717) is 24.5 Å². The first kappa shape index (κ1) is 30.9. The van der Waals surface area contributed by atoms with Crippen LogP contribution in [0.25, 0.3) is 0 Å². The van der Waals surface area contributed by atoms with E-state index < -0.39 is 5.92 Å². The van der Waals surface area contributed by atoms with Crippen LogP contribution in [0, 0.1) is 0 Å². The summed E-state index contributed by atoms with van der Waals surface area (Å²) in [5.41, 5.74) is 3.72. The molecule has 10 nitrogen and oxygen atoms in total. The molecule has 1 amide bonds. The lowest BCUT2D eigenvalue weighted by Crippen LogP contribution is -2.41. The molecule has 1 N–H and O–H groups in total. The molecule has 1 aliphatic rings. The van der Waals surface area contributed by atoms with Crippen LogP contribution in [0.5, 0.6) is 5.88 Å². The molecule has 224 valence electrons. The molecule has 1 aromatic carbocycles. The number of rotatable bonds is 11. The van der Waals surface area contributed by atoms with E-state index >= 15 is 0 Å². The molecule has 4 rings (SSSR count). The van der Waals surface area contributed by atoms with Crippen molar-refractivity contribution in [3.8, 4) is 5.88 Å². The van der Waals surface area contributed by atoms with Gasteiger partial charge in [0.15, 0.2) is 5.84 Å². The van der Waals surface area contributed by atoms with Crippen LogP contribution in [-0.4, -0.2) is 83.6 Å². The minimum atomic E-state index is -2.97. The van der Waals surface area contributed by atoms with Gasteiger partial charge in [0.25, 0.3) is 5.92 Å². The fraction of sp³-hybridized carbons (Fsp3) is 0.433. The van der Waals surface area contributed by atoms with Gasteiger partial charge in [-0.1, -0.05) is 24.3 Å². The number of aromatic nitrogens is 3. The molecule has 3 heterocycles. The number of nitrogens with one attached hydrogen (secondary N) is 1. The summed E-state index contributed by atoms with van der Waals surface area (Å²) < 4.78 is 39.7. The summed E-state index contributed by atoms with van der Waals surface area (Å²) in [5, 5.41) is 7.33. The molecule has 0 saturated carbocycles. The van der Waals surface area contributed by atoms with Crippen molar-refractivity contribution in [1.29, 1.82) is 0 Å². The first-order valence-corrected chi connectivity index (χ1v) is 13.8. The van der Waals surface area contributed by atoms with Crippen molar-refractivity contribution < 1.29 is 23.0 Å². The van der Waals surface area contributed by atoms with E-state index in [2.05, 4.69) is 25.3 Å². The molecule has 12 heteroatoms. The van der Waals surface area contributed by atoms with Crippen LogP contribution in [0.2, 0.25) is 0 Å². The molecular weight excluding hydrogens is 544 g/mol. The molecule has 1 saturated heterocycles. The van der Waals surface area contributed by atoms with Gasteiger partial charge in [-0.3, -0.25) is 19.4 Å². The Hall–Kier alpha value is -4.03. The zero-order valence-electron chi connectivity index (χ0n) is 24.4. The van der Waals surface area contributed by atoms with Gasteiger partial charge in [-0.2, -0.15) is 5.10 Å². The van der Waals surface area contributed by atoms with E-state index in [-0.39, 0.29) is 24.0 Å². The number of ether oxygens (including phenoxy) is 2. The van der Waals surface area contributed by atoms with E-state index in [9.17, 15) is 13.6 Å². The third kappa shape index (κ3) is 8.49. The predicted molar refractivity (Wildman–Crippen MR) is 156 cm³/mol. The van der Waals surface area contributed by atoms with Crippen molar-refractivity contribution in [1.82, 2.24) is 25.0 Å². The number of carbonyl (C=O) groups is 1. The Bertz CT molecular complexity index is 1390. The molecule has 0 unspecified atom stereocenters. The Balaban J connectivity index is 1.35. The molecular formula is C30H37F2N7O3. The Morgan fingerprint density at radius 1 is 1.14 bits per heavy atom. The van der Waals surface area contributed by atoms with Gasteiger partial charge >= 0.3 is 0 Å². The summed E-state index contributed by atoms with van der Waals surface area (Å²) in [5.74, 6) is -2.23. The van der Waals surface area contributed by atoms with Gasteiger partial charge in [0.2, 0.25) is 11.8 Å². The molecule has 0 radical (unpaired) electrons. The Kier molecular flexibility index (Phi) is 10.5. The number of benzene rings is 1. The van der Waals surface area contributed by atoms with E-state index in [1.807, 2.05) is 31.2 Å². The minimum Gasteiger partial charge on any atom is -0.471 e. The van der Waals surface area contributed by atoms with Crippen LogP contribution < -0.4 is 10.1 Å².